The average Bonchev–Trinajstić information content (AvgIpc) is 2.78. The second-order valence-corrected chi connectivity index (χ2v) is 8.87. The van der Waals surface area contributed by atoms with Gasteiger partial charge in [0.1, 0.15) is 30.2 Å². The SMILES string of the molecule is Cc1ccc(C(C)C)c(OCCNc2c(F)c(N)c3c(=O)c(C(=O)O)cn4c3c2OC[C@@H]4C)c1. The predicted molar refractivity (Wildman–Crippen MR) is 129 cm³/mol. The van der Waals surface area contributed by atoms with E-state index in [1.54, 1.807) is 4.57 Å². The molecule has 9 heteroatoms. The van der Waals surface area contributed by atoms with Crippen LogP contribution < -0.4 is 26.0 Å². The summed E-state index contributed by atoms with van der Waals surface area (Å²) in [7, 11) is 0. The van der Waals surface area contributed by atoms with Gasteiger partial charge in [-0.05, 0) is 37.0 Å². The van der Waals surface area contributed by atoms with E-state index in [1.165, 1.54) is 6.20 Å². The number of halogens is 1. The summed E-state index contributed by atoms with van der Waals surface area (Å²) in [5, 5.41) is 12.2. The number of carboxylic acid groups (broad SMARTS) is 1. The fourth-order valence-electron chi connectivity index (χ4n) is 4.24. The number of carboxylic acids is 1. The van der Waals surface area contributed by atoms with Crippen molar-refractivity contribution in [1.29, 1.82) is 0 Å². The van der Waals surface area contributed by atoms with E-state index >= 15 is 4.39 Å². The van der Waals surface area contributed by atoms with Crippen LogP contribution in [0, 0.1) is 12.7 Å². The molecule has 180 valence electrons. The van der Waals surface area contributed by atoms with Crippen LogP contribution in [0.25, 0.3) is 10.9 Å². The molecular formula is C25H28FN3O5. The summed E-state index contributed by atoms with van der Waals surface area (Å²) >= 11 is 0. The van der Waals surface area contributed by atoms with Crippen LogP contribution >= 0.6 is 0 Å². The van der Waals surface area contributed by atoms with Crippen molar-refractivity contribution in [3.05, 3.63) is 57.1 Å². The number of rotatable bonds is 7. The fourth-order valence-corrected chi connectivity index (χ4v) is 4.24. The Morgan fingerprint density at radius 1 is 1.41 bits per heavy atom. The molecule has 1 atom stereocenters. The number of nitrogens with one attached hydrogen (secondary N) is 1. The Morgan fingerprint density at radius 3 is 2.82 bits per heavy atom. The summed E-state index contributed by atoms with van der Waals surface area (Å²) in [5.41, 5.74) is 6.73. The van der Waals surface area contributed by atoms with E-state index in [0.717, 1.165) is 16.9 Å². The molecule has 0 saturated heterocycles. The first kappa shape index (κ1) is 23.4. The number of nitrogen functional groups attached to an aromatic ring is 1. The van der Waals surface area contributed by atoms with Crippen LogP contribution in [-0.4, -0.2) is 35.4 Å². The zero-order chi connectivity index (χ0) is 24.7. The van der Waals surface area contributed by atoms with E-state index < -0.39 is 28.5 Å². The Hall–Kier alpha value is -3.75. The second kappa shape index (κ2) is 8.89. The van der Waals surface area contributed by atoms with Crippen LogP contribution in [0.4, 0.5) is 15.8 Å². The molecule has 0 fully saturated rings. The topological polar surface area (TPSA) is 116 Å². The molecule has 4 rings (SSSR count). The average molecular weight is 470 g/mol. The quantitative estimate of drug-likeness (QED) is 0.349. The van der Waals surface area contributed by atoms with Crippen LogP contribution in [0.5, 0.6) is 11.5 Å². The Bertz CT molecular complexity index is 1350. The van der Waals surface area contributed by atoms with E-state index in [-0.39, 0.29) is 54.1 Å². The third-order valence-corrected chi connectivity index (χ3v) is 6.03. The Kier molecular flexibility index (Phi) is 6.12. The number of benzene rings is 2. The molecule has 0 aliphatic carbocycles. The van der Waals surface area contributed by atoms with Gasteiger partial charge in [0.05, 0.1) is 22.6 Å². The molecule has 0 spiro atoms. The van der Waals surface area contributed by atoms with Gasteiger partial charge < -0.3 is 30.2 Å². The lowest BCUT2D eigenvalue weighted by Crippen LogP contribution is -2.28. The minimum atomic E-state index is -1.40. The van der Waals surface area contributed by atoms with Gasteiger partial charge in [-0.1, -0.05) is 26.0 Å². The molecule has 1 aliphatic rings. The molecule has 0 bridgehead atoms. The first-order valence-electron chi connectivity index (χ1n) is 11.1. The Morgan fingerprint density at radius 2 is 2.15 bits per heavy atom. The third kappa shape index (κ3) is 3.91. The molecule has 0 amide bonds. The monoisotopic (exact) mass is 469 g/mol. The molecule has 8 nitrogen and oxygen atoms in total. The maximum atomic E-state index is 15.3. The number of aromatic carboxylic acids is 1. The summed E-state index contributed by atoms with van der Waals surface area (Å²) in [6.07, 6.45) is 1.26. The summed E-state index contributed by atoms with van der Waals surface area (Å²) in [5.74, 6) is -1.06. The number of pyridine rings is 1. The highest BCUT2D eigenvalue weighted by atomic mass is 19.1. The molecule has 1 aliphatic heterocycles. The van der Waals surface area contributed by atoms with Gasteiger partial charge in [0, 0.05) is 12.7 Å². The Labute approximate surface area is 196 Å². The molecule has 1 aromatic heterocycles. The van der Waals surface area contributed by atoms with Crippen LogP contribution in [-0.2, 0) is 0 Å². The lowest BCUT2D eigenvalue weighted by Gasteiger charge is -2.29. The molecule has 0 radical (unpaired) electrons. The van der Waals surface area contributed by atoms with Crippen molar-refractivity contribution in [3.8, 4) is 11.5 Å². The van der Waals surface area contributed by atoms with Gasteiger partial charge in [-0.2, -0.15) is 0 Å². The maximum Gasteiger partial charge on any atom is 0.341 e. The van der Waals surface area contributed by atoms with Crippen LogP contribution in [0.15, 0.2) is 29.2 Å². The number of ether oxygens (including phenoxy) is 2. The van der Waals surface area contributed by atoms with Gasteiger partial charge in [-0.3, -0.25) is 4.79 Å². The number of aryl methyl sites for hydroxylation is 1. The molecule has 2 aromatic carbocycles. The van der Waals surface area contributed by atoms with Crippen LogP contribution in [0.1, 0.15) is 54.2 Å². The van der Waals surface area contributed by atoms with Crippen molar-refractivity contribution in [2.45, 2.75) is 39.7 Å². The number of aromatic nitrogens is 1. The molecule has 2 heterocycles. The fraction of sp³-hybridized carbons (Fsp3) is 0.360. The van der Waals surface area contributed by atoms with Gasteiger partial charge >= 0.3 is 5.97 Å². The van der Waals surface area contributed by atoms with Crippen molar-refractivity contribution >= 4 is 28.2 Å². The van der Waals surface area contributed by atoms with Crippen LogP contribution in [0.3, 0.4) is 0 Å². The normalized spacial score (nSPS) is 14.8. The summed E-state index contributed by atoms with van der Waals surface area (Å²) < 4.78 is 28.7. The maximum absolute atomic E-state index is 15.3. The van der Waals surface area contributed by atoms with Gasteiger partial charge in [0.2, 0.25) is 5.43 Å². The lowest BCUT2D eigenvalue weighted by atomic mass is 10.0. The first-order valence-corrected chi connectivity index (χ1v) is 11.1. The molecule has 4 N–H and O–H groups in total. The lowest BCUT2D eigenvalue weighted by molar-refractivity contribution is 0.0694. The van der Waals surface area contributed by atoms with E-state index in [9.17, 15) is 14.7 Å². The number of carbonyl (C=O) groups is 1. The predicted octanol–water partition coefficient (Wildman–Crippen LogP) is 4.30. The highest BCUT2D eigenvalue weighted by Gasteiger charge is 2.30. The van der Waals surface area contributed by atoms with Crippen molar-refractivity contribution < 1.29 is 23.8 Å². The summed E-state index contributed by atoms with van der Waals surface area (Å²) in [6.45, 7) is 8.65. The van der Waals surface area contributed by atoms with Crippen molar-refractivity contribution in [2.75, 3.05) is 30.8 Å². The van der Waals surface area contributed by atoms with E-state index in [1.807, 2.05) is 32.0 Å². The molecule has 0 unspecified atom stereocenters. The van der Waals surface area contributed by atoms with Crippen molar-refractivity contribution in [1.82, 2.24) is 4.57 Å². The summed E-state index contributed by atoms with van der Waals surface area (Å²) in [6, 6.07) is 5.77. The van der Waals surface area contributed by atoms with Gasteiger partial charge in [-0.25, -0.2) is 9.18 Å². The molecular weight excluding hydrogens is 441 g/mol. The number of hydrogen-bond acceptors (Lipinski definition) is 6. The Balaban J connectivity index is 1.68. The van der Waals surface area contributed by atoms with E-state index in [0.29, 0.717) is 0 Å². The van der Waals surface area contributed by atoms with E-state index in [2.05, 4.69) is 19.2 Å². The largest absolute Gasteiger partial charge is 0.491 e. The van der Waals surface area contributed by atoms with Gasteiger partial charge in [0.15, 0.2) is 11.6 Å². The van der Waals surface area contributed by atoms with Crippen molar-refractivity contribution in [3.63, 3.8) is 0 Å². The summed E-state index contributed by atoms with van der Waals surface area (Å²) in [4.78, 5) is 24.4. The minimum Gasteiger partial charge on any atom is -0.491 e. The van der Waals surface area contributed by atoms with Crippen LogP contribution in [0.2, 0.25) is 0 Å². The third-order valence-electron chi connectivity index (χ3n) is 6.03. The zero-order valence-corrected chi connectivity index (χ0v) is 19.6. The smallest absolute Gasteiger partial charge is 0.341 e. The minimum absolute atomic E-state index is 0.0186. The highest BCUT2D eigenvalue weighted by molar-refractivity contribution is 6.03. The highest BCUT2D eigenvalue weighted by Crippen LogP contribution is 2.43. The van der Waals surface area contributed by atoms with Gasteiger partial charge in [-0.15, -0.1) is 0 Å². The first-order chi connectivity index (χ1) is 16.1. The standard InChI is InChI=1S/C25H28FN3O5/c1-12(2)15-6-5-13(3)9-17(15)33-8-7-28-21-19(26)20(27)18-22-24(21)34-11-14(4)29(22)10-16(23(18)30)25(31)32/h5-6,9-10,12,14,28H,7-8,11,27H2,1-4H3,(H,31,32)/t14-/m0/s1. The number of hydrogen-bond donors (Lipinski definition) is 3. The molecule has 0 saturated carbocycles. The van der Waals surface area contributed by atoms with E-state index in [4.69, 9.17) is 15.2 Å². The number of nitrogens with zero attached hydrogens (tertiary/aromatic N) is 1. The zero-order valence-electron chi connectivity index (χ0n) is 19.6. The number of nitrogens with two attached hydrogens (primary N) is 1. The molecule has 3 aromatic rings. The van der Waals surface area contributed by atoms with Crippen molar-refractivity contribution in [2.24, 2.45) is 0 Å². The number of anilines is 2. The van der Waals surface area contributed by atoms with Gasteiger partial charge in [0.25, 0.3) is 0 Å². The second-order valence-electron chi connectivity index (χ2n) is 8.87. The molecule has 34 heavy (non-hydrogen) atoms.